The second-order valence-electron chi connectivity index (χ2n) is 4.73. The Balaban J connectivity index is 1.58. The molecule has 0 aromatic carbocycles. The molecule has 0 spiro atoms. The van der Waals surface area contributed by atoms with Crippen molar-refractivity contribution in [1.82, 2.24) is 0 Å². The van der Waals surface area contributed by atoms with Gasteiger partial charge in [-0.25, -0.2) is 0 Å². The Kier molecular flexibility index (Phi) is 2.37. The Morgan fingerprint density at radius 3 is 2.60 bits per heavy atom. The normalized spacial score (nSPS) is 39.1. The SMILES string of the molecule is O=C(CC1OCCO1)C1CC2C=CC1C2. The average Bonchev–Trinajstić information content (AvgIpc) is 2.93. The van der Waals surface area contributed by atoms with Crippen molar-refractivity contribution in [2.45, 2.75) is 25.6 Å². The van der Waals surface area contributed by atoms with E-state index < -0.39 is 0 Å². The van der Waals surface area contributed by atoms with Crippen LogP contribution in [0.5, 0.6) is 0 Å². The number of allylic oxidation sites excluding steroid dienone is 2. The van der Waals surface area contributed by atoms with E-state index in [1.165, 1.54) is 6.42 Å². The van der Waals surface area contributed by atoms with Gasteiger partial charge in [0.1, 0.15) is 5.78 Å². The van der Waals surface area contributed by atoms with Crippen LogP contribution in [0, 0.1) is 17.8 Å². The third kappa shape index (κ3) is 1.74. The first kappa shape index (κ1) is 9.55. The molecule has 3 unspecified atom stereocenters. The fraction of sp³-hybridized carbons (Fsp3) is 0.750. The standard InChI is InChI=1S/C12H16O3/c13-11(7-12-14-3-4-15-12)10-6-8-1-2-9(10)5-8/h1-2,8-10,12H,3-7H2. The van der Waals surface area contributed by atoms with Gasteiger partial charge in [-0.15, -0.1) is 0 Å². The number of ketones is 1. The number of hydrogen-bond donors (Lipinski definition) is 0. The molecule has 3 nitrogen and oxygen atoms in total. The molecule has 15 heavy (non-hydrogen) atoms. The van der Waals surface area contributed by atoms with Gasteiger partial charge < -0.3 is 9.47 Å². The Morgan fingerprint density at radius 1 is 1.20 bits per heavy atom. The number of rotatable bonds is 3. The lowest BCUT2D eigenvalue weighted by Gasteiger charge is -2.18. The summed E-state index contributed by atoms with van der Waals surface area (Å²) in [6.45, 7) is 1.27. The summed E-state index contributed by atoms with van der Waals surface area (Å²) in [6.07, 6.45) is 6.89. The average molecular weight is 208 g/mol. The van der Waals surface area contributed by atoms with Crippen LogP contribution in [0.3, 0.4) is 0 Å². The highest BCUT2D eigenvalue weighted by molar-refractivity contribution is 5.82. The van der Waals surface area contributed by atoms with Crippen LogP contribution in [0.15, 0.2) is 12.2 Å². The van der Waals surface area contributed by atoms with Gasteiger partial charge in [0.25, 0.3) is 0 Å². The molecule has 1 saturated carbocycles. The van der Waals surface area contributed by atoms with Crippen molar-refractivity contribution in [1.29, 1.82) is 0 Å². The summed E-state index contributed by atoms with van der Waals surface area (Å²) in [6, 6.07) is 0. The highest BCUT2D eigenvalue weighted by Crippen LogP contribution is 2.44. The third-order valence-corrected chi connectivity index (χ3v) is 3.75. The van der Waals surface area contributed by atoms with Crippen LogP contribution in [-0.2, 0) is 14.3 Å². The van der Waals surface area contributed by atoms with Gasteiger partial charge in [-0.1, -0.05) is 12.2 Å². The summed E-state index contributed by atoms with van der Waals surface area (Å²) in [7, 11) is 0. The molecule has 2 aliphatic carbocycles. The van der Waals surface area contributed by atoms with Gasteiger partial charge in [0.2, 0.25) is 0 Å². The first-order valence-electron chi connectivity index (χ1n) is 5.77. The maximum absolute atomic E-state index is 12.0. The van der Waals surface area contributed by atoms with E-state index in [0.717, 1.165) is 6.42 Å². The Labute approximate surface area is 89.4 Å². The van der Waals surface area contributed by atoms with Crippen LogP contribution in [0.4, 0.5) is 0 Å². The maximum Gasteiger partial charge on any atom is 0.164 e. The van der Waals surface area contributed by atoms with E-state index in [1.807, 2.05) is 0 Å². The van der Waals surface area contributed by atoms with Crippen molar-refractivity contribution in [3.63, 3.8) is 0 Å². The number of Topliss-reactive ketones (excluding diaryl/α,β-unsaturated/α-hetero) is 1. The maximum atomic E-state index is 12.0. The molecule has 3 rings (SSSR count). The third-order valence-electron chi connectivity index (χ3n) is 3.75. The Morgan fingerprint density at radius 2 is 2.00 bits per heavy atom. The van der Waals surface area contributed by atoms with Crippen LogP contribution < -0.4 is 0 Å². The van der Waals surface area contributed by atoms with Crippen LogP contribution >= 0.6 is 0 Å². The zero-order valence-corrected chi connectivity index (χ0v) is 8.72. The molecular weight excluding hydrogens is 192 g/mol. The molecule has 3 atom stereocenters. The summed E-state index contributed by atoms with van der Waals surface area (Å²) in [4.78, 5) is 12.0. The molecule has 0 N–H and O–H groups in total. The molecule has 2 fully saturated rings. The summed E-state index contributed by atoms with van der Waals surface area (Å²) >= 11 is 0. The summed E-state index contributed by atoms with van der Waals surface area (Å²) in [5, 5.41) is 0. The Bertz CT molecular complexity index is 291. The molecule has 1 saturated heterocycles. The molecule has 2 bridgehead atoms. The molecule has 82 valence electrons. The van der Waals surface area contributed by atoms with Gasteiger partial charge in [-0.05, 0) is 24.7 Å². The smallest absolute Gasteiger partial charge is 0.164 e. The summed E-state index contributed by atoms with van der Waals surface area (Å²) in [5.41, 5.74) is 0. The van der Waals surface area contributed by atoms with E-state index in [-0.39, 0.29) is 12.2 Å². The zero-order chi connectivity index (χ0) is 10.3. The number of hydrogen-bond acceptors (Lipinski definition) is 3. The number of ether oxygens (including phenoxy) is 2. The van der Waals surface area contributed by atoms with E-state index >= 15 is 0 Å². The first-order chi connectivity index (χ1) is 7.33. The van der Waals surface area contributed by atoms with Crippen molar-refractivity contribution in [3.8, 4) is 0 Å². The quantitative estimate of drug-likeness (QED) is 0.660. The second kappa shape index (κ2) is 3.72. The van der Waals surface area contributed by atoms with Gasteiger partial charge in [0, 0.05) is 5.92 Å². The minimum atomic E-state index is -0.263. The van der Waals surface area contributed by atoms with Gasteiger partial charge in [0.05, 0.1) is 19.6 Å². The second-order valence-corrected chi connectivity index (χ2v) is 4.73. The summed E-state index contributed by atoms with van der Waals surface area (Å²) < 4.78 is 10.6. The van der Waals surface area contributed by atoms with Crippen LogP contribution in [0.1, 0.15) is 19.3 Å². The van der Waals surface area contributed by atoms with Crippen molar-refractivity contribution in [3.05, 3.63) is 12.2 Å². The molecule has 3 heteroatoms. The number of fused-ring (bicyclic) bond motifs is 2. The monoisotopic (exact) mass is 208 g/mol. The molecule has 0 radical (unpaired) electrons. The molecule has 3 aliphatic rings. The van der Waals surface area contributed by atoms with Gasteiger partial charge in [-0.2, -0.15) is 0 Å². The van der Waals surface area contributed by atoms with Crippen LogP contribution in [0.25, 0.3) is 0 Å². The fourth-order valence-electron chi connectivity index (χ4n) is 2.99. The predicted octanol–water partition coefficient (Wildman–Crippen LogP) is 1.53. The molecule has 1 heterocycles. The highest BCUT2D eigenvalue weighted by atomic mass is 16.7. The van der Waals surface area contributed by atoms with E-state index in [4.69, 9.17) is 9.47 Å². The van der Waals surface area contributed by atoms with E-state index in [2.05, 4.69) is 12.2 Å². The van der Waals surface area contributed by atoms with E-state index in [9.17, 15) is 4.79 Å². The van der Waals surface area contributed by atoms with Crippen molar-refractivity contribution < 1.29 is 14.3 Å². The van der Waals surface area contributed by atoms with Crippen molar-refractivity contribution in [2.24, 2.45) is 17.8 Å². The molecule has 1 aliphatic heterocycles. The summed E-state index contributed by atoms with van der Waals surface area (Å²) in [5.74, 6) is 1.74. The molecular formula is C12H16O3. The topological polar surface area (TPSA) is 35.5 Å². The highest BCUT2D eigenvalue weighted by Gasteiger charge is 2.40. The van der Waals surface area contributed by atoms with Crippen LogP contribution in [-0.4, -0.2) is 25.3 Å². The van der Waals surface area contributed by atoms with Crippen molar-refractivity contribution in [2.75, 3.05) is 13.2 Å². The van der Waals surface area contributed by atoms with Gasteiger partial charge in [0.15, 0.2) is 6.29 Å². The minimum absolute atomic E-state index is 0.243. The molecule has 0 aromatic heterocycles. The first-order valence-corrected chi connectivity index (χ1v) is 5.77. The van der Waals surface area contributed by atoms with Crippen LogP contribution in [0.2, 0.25) is 0 Å². The van der Waals surface area contributed by atoms with Gasteiger partial charge in [-0.3, -0.25) is 4.79 Å². The fourth-order valence-corrected chi connectivity index (χ4v) is 2.99. The Hall–Kier alpha value is -0.670. The van der Waals surface area contributed by atoms with E-state index in [0.29, 0.717) is 37.3 Å². The number of carbonyl (C=O) groups is 1. The molecule has 0 aromatic rings. The predicted molar refractivity (Wildman–Crippen MR) is 54.2 cm³/mol. The number of carbonyl (C=O) groups excluding carboxylic acids is 1. The minimum Gasteiger partial charge on any atom is -0.350 e. The lowest BCUT2D eigenvalue weighted by atomic mass is 9.88. The zero-order valence-electron chi connectivity index (χ0n) is 8.72. The van der Waals surface area contributed by atoms with Crippen molar-refractivity contribution >= 4 is 5.78 Å². The largest absolute Gasteiger partial charge is 0.350 e. The lowest BCUT2D eigenvalue weighted by Crippen LogP contribution is -2.24. The van der Waals surface area contributed by atoms with E-state index in [1.54, 1.807) is 0 Å². The molecule has 0 amide bonds. The lowest BCUT2D eigenvalue weighted by molar-refractivity contribution is -0.131. The van der Waals surface area contributed by atoms with Gasteiger partial charge >= 0.3 is 0 Å².